The third-order valence-corrected chi connectivity index (χ3v) is 5.77. The van der Waals surface area contributed by atoms with Crippen molar-refractivity contribution in [3.05, 3.63) is 58.7 Å². The number of carbonyl (C=O) groups excluding carboxylic acids is 2. The van der Waals surface area contributed by atoms with Crippen LogP contribution < -0.4 is 0 Å². The van der Waals surface area contributed by atoms with Crippen LogP contribution >= 0.6 is 0 Å². The molecule has 0 radical (unpaired) electrons. The van der Waals surface area contributed by atoms with E-state index in [1.807, 2.05) is 58.1 Å². The fraction of sp³-hybridized carbons (Fsp3) is 0.519. The molecule has 3 rings (SSSR count). The summed E-state index contributed by atoms with van der Waals surface area (Å²) in [6.45, 7) is 9.14. The molecule has 0 aliphatic carbocycles. The summed E-state index contributed by atoms with van der Waals surface area (Å²) in [5.74, 6) is -0.440. The van der Waals surface area contributed by atoms with Crippen molar-refractivity contribution in [2.24, 2.45) is 5.16 Å². The van der Waals surface area contributed by atoms with Crippen LogP contribution in [0.4, 0.5) is 0 Å². The lowest BCUT2D eigenvalue weighted by Crippen LogP contribution is -2.49. The summed E-state index contributed by atoms with van der Waals surface area (Å²) in [5, 5.41) is 4.29. The summed E-state index contributed by atoms with van der Waals surface area (Å²) in [5.41, 5.74) is 3.99. The van der Waals surface area contributed by atoms with Gasteiger partial charge in [0, 0.05) is 19.5 Å². The Labute approximate surface area is 202 Å². The van der Waals surface area contributed by atoms with Crippen LogP contribution in [0.25, 0.3) is 0 Å². The first-order valence-corrected chi connectivity index (χ1v) is 12.0. The Bertz CT molecular complexity index is 956. The molecular weight excluding hydrogens is 432 g/mol. The predicted octanol–water partition coefficient (Wildman–Crippen LogP) is 4.31. The number of aryl methyl sites for hydroxylation is 2. The second kappa shape index (κ2) is 12.5. The van der Waals surface area contributed by atoms with E-state index in [2.05, 4.69) is 11.2 Å². The van der Waals surface area contributed by atoms with Gasteiger partial charge in [-0.1, -0.05) is 41.1 Å². The molecule has 2 aliphatic heterocycles. The van der Waals surface area contributed by atoms with Gasteiger partial charge in [0.05, 0.1) is 30.1 Å². The Morgan fingerprint density at radius 2 is 1.79 bits per heavy atom. The van der Waals surface area contributed by atoms with Crippen LogP contribution in [0.3, 0.4) is 0 Å². The van der Waals surface area contributed by atoms with Gasteiger partial charge in [-0.05, 0) is 64.2 Å². The van der Waals surface area contributed by atoms with Gasteiger partial charge in [-0.3, -0.25) is 4.79 Å². The predicted molar refractivity (Wildman–Crippen MR) is 132 cm³/mol. The zero-order valence-corrected chi connectivity index (χ0v) is 20.7. The maximum atomic E-state index is 12.8. The smallest absolute Gasteiger partial charge is 0.338 e. The Hall–Kier alpha value is -2.93. The molecule has 1 fully saturated rings. The summed E-state index contributed by atoms with van der Waals surface area (Å²) in [7, 11) is 0. The van der Waals surface area contributed by atoms with Gasteiger partial charge in [-0.15, -0.1) is 0 Å². The number of amides is 1. The van der Waals surface area contributed by atoms with Crippen LogP contribution in [-0.4, -0.2) is 61.0 Å². The molecule has 2 heterocycles. The van der Waals surface area contributed by atoms with E-state index in [9.17, 15) is 9.59 Å². The molecule has 2 atom stereocenters. The number of morpholine rings is 1. The molecule has 0 spiro atoms. The second-order valence-corrected chi connectivity index (χ2v) is 9.08. The Balaban J connectivity index is 1.79. The normalized spacial score (nSPS) is 24.2. The van der Waals surface area contributed by atoms with Crippen molar-refractivity contribution >= 4 is 17.6 Å². The van der Waals surface area contributed by atoms with Crippen LogP contribution in [0.5, 0.6) is 0 Å². The van der Waals surface area contributed by atoms with Crippen molar-refractivity contribution in [2.45, 2.75) is 65.6 Å². The van der Waals surface area contributed by atoms with E-state index in [1.165, 1.54) is 0 Å². The Morgan fingerprint density at radius 1 is 1.09 bits per heavy atom. The lowest BCUT2D eigenvalue weighted by Gasteiger charge is -2.35. The molecule has 1 aromatic carbocycles. The van der Waals surface area contributed by atoms with Gasteiger partial charge in [0.25, 0.3) is 5.91 Å². The molecule has 1 saturated heterocycles. The number of esters is 1. The van der Waals surface area contributed by atoms with Crippen molar-refractivity contribution in [1.82, 2.24) is 4.90 Å². The van der Waals surface area contributed by atoms with Crippen LogP contribution in [0.15, 0.2) is 41.6 Å². The highest BCUT2D eigenvalue weighted by molar-refractivity contribution is 6.00. The summed E-state index contributed by atoms with van der Waals surface area (Å²) in [6, 6.07) is 3.97. The third-order valence-electron chi connectivity index (χ3n) is 5.77. The molecule has 7 nitrogen and oxygen atoms in total. The molecule has 7 heteroatoms. The summed E-state index contributed by atoms with van der Waals surface area (Å²) in [4.78, 5) is 32.7. The molecular formula is C27H36N2O5. The molecule has 184 valence electrons. The number of hydrogen-bond donors (Lipinski definition) is 0. The molecule has 1 aromatic rings. The highest BCUT2D eigenvalue weighted by atomic mass is 16.6. The molecule has 2 unspecified atom stereocenters. The van der Waals surface area contributed by atoms with Gasteiger partial charge in [0.2, 0.25) is 0 Å². The highest BCUT2D eigenvalue weighted by Gasteiger charge is 2.26. The van der Waals surface area contributed by atoms with E-state index in [4.69, 9.17) is 14.3 Å². The maximum Gasteiger partial charge on any atom is 0.338 e. The lowest BCUT2D eigenvalue weighted by molar-refractivity contribution is -0.147. The second-order valence-electron chi connectivity index (χ2n) is 9.08. The van der Waals surface area contributed by atoms with Crippen LogP contribution in [0.1, 0.15) is 60.2 Å². The number of hydrogen-bond acceptors (Lipinski definition) is 6. The highest BCUT2D eigenvalue weighted by Crippen LogP contribution is 2.20. The SMILES string of the molecule is Cc1cc(C)c2c(c1)C/C(=N/OCC(=O)N1CC(C)OC(C)C1)C=CCC/C=C/CCOC2=O. The minimum atomic E-state index is -0.326. The summed E-state index contributed by atoms with van der Waals surface area (Å²) < 4.78 is 11.2. The van der Waals surface area contributed by atoms with Gasteiger partial charge >= 0.3 is 5.97 Å². The molecule has 2 aliphatic rings. The van der Waals surface area contributed by atoms with Crippen molar-refractivity contribution in [3.63, 3.8) is 0 Å². The number of oxime groups is 1. The van der Waals surface area contributed by atoms with E-state index in [-0.39, 0.29) is 30.7 Å². The zero-order valence-electron chi connectivity index (χ0n) is 20.7. The summed E-state index contributed by atoms with van der Waals surface area (Å²) in [6.07, 6.45) is 10.9. The van der Waals surface area contributed by atoms with Gasteiger partial charge in [-0.2, -0.15) is 0 Å². The standard InChI is InChI=1S/C27H36N2O5/c1-19-13-20(2)26-23(14-19)15-24(11-9-7-5-6-8-10-12-32-27(26)31)28-33-18-25(30)29-16-21(3)34-22(4)17-29/h6,8-9,11,13-14,21-22H,5,7,10,12,15-18H2,1-4H3/b8-6+,11-9?,28-24+. The first-order chi connectivity index (χ1) is 16.3. The molecule has 1 amide bonds. The number of nitrogens with zero attached hydrogens (tertiary/aromatic N) is 2. The Kier molecular flexibility index (Phi) is 9.45. The number of cyclic esters (lactones) is 1. The van der Waals surface area contributed by atoms with Crippen LogP contribution in [-0.2, 0) is 25.5 Å². The number of carbonyl (C=O) groups is 2. The average molecular weight is 469 g/mol. The number of benzene rings is 1. The monoisotopic (exact) mass is 468 g/mol. The average Bonchev–Trinajstić information content (AvgIpc) is 2.76. The van der Waals surface area contributed by atoms with Crippen molar-refractivity contribution in [1.29, 1.82) is 0 Å². The fourth-order valence-corrected chi connectivity index (χ4v) is 4.39. The van der Waals surface area contributed by atoms with Gasteiger partial charge < -0.3 is 19.2 Å². The van der Waals surface area contributed by atoms with Crippen LogP contribution in [0.2, 0.25) is 0 Å². The maximum absolute atomic E-state index is 12.8. The van der Waals surface area contributed by atoms with Crippen molar-refractivity contribution in [2.75, 3.05) is 26.3 Å². The van der Waals surface area contributed by atoms with Gasteiger partial charge in [0.15, 0.2) is 6.61 Å². The number of ether oxygens (including phenoxy) is 2. The number of fused-ring (bicyclic) bond motifs is 1. The largest absolute Gasteiger partial charge is 0.462 e. The van der Waals surface area contributed by atoms with E-state index in [0.717, 1.165) is 29.5 Å². The van der Waals surface area contributed by atoms with E-state index in [1.54, 1.807) is 4.90 Å². The molecule has 0 saturated carbocycles. The fourth-order valence-electron chi connectivity index (χ4n) is 4.39. The zero-order chi connectivity index (χ0) is 24.5. The topological polar surface area (TPSA) is 77.4 Å². The number of rotatable bonds is 3. The molecule has 0 bridgehead atoms. The minimum Gasteiger partial charge on any atom is -0.462 e. The third kappa shape index (κ3) is 7.55. The summed E-state index contributed by atoms with van der Waals surface area (Å²) >= 11 is 0. The molecule has 0 aromatic heterocycles. The van der Waals surface area contributed by atoms with Crippen molar-refractivity contribution < 1.29 is 23.9 Å². The number of allylic oxidation sites excluding steroid dienone is 3. The quantitative estimate of drug-likeness (QED) is 0.375. The van der Waals surface area contributed by atoms with E-state index >= 15 is 0 Å². The first kappa shape index (κ1) is 25.7. The molecule has 34 heavy (non-hydrogen) atoms. The van der Waals surface area contributed by atoms with Gasteiger partial charge in [0.1, 0.15) is 0 Å². The first-order valence-electron chi connectivity index (χ1n) is 12.0. The van der Waals surface area contributed by atoms with Crippen LogP contribution in [0, 0.1) is 13.8 Å². The van der Waals surface area contributed by atoms with Crippen molar-refractivity contribution in [3.8, 4) is 0 Å². The molecule has 0 N–H and O–H groups in total. The Morgan fingerprint density at radius 3 is 2.56 bits per heavy atom. The lowest BCUT2D eigenvalue weighted by atomic mass is 9.95. The van der Waals surface area contributed by atoms with E-state index < -0.39 is 0 Å². The van der Waals surface area contributed by atoms with Gasteiger partial charge in [-0.25, -0.2) is 4.79 Å². The van der Waals surface area contributed by atoms with E-state index in [0.29, 0.717) is 43.8 Å². The minimum absolute atomic E-state index is 0.00155.